The standard InChI is InChI=1S/C11H17NO2/c1-8(13)11(12)7-9-3-5-10(14-2)6-4-9/h3-6,8,11,13H,7,12H2,1-2H3. The molecule has 2 atom stereocenters. The molecule has 0 saturated heterocycles. The van der Waals surface area contributed by atoms with Crippen molar-refractivity contribution in [2.24, 2.45) is 5.73 Å². The zero-order valence-corrected chi connectivity index (χ0v) is 8.60. The van der Waals surface area contributed by atoms with E-state index in [9.17, 15) is 5.11 Å². The Bertz CT molecular complexity index is 269. The smallest absolute Gasteiger partial charge is 0.118 e. The molecule has 3 nitrogen and oxygen atoms in total. The summed E-state index contributed by atoms with van der Waals surface area (Å²) in [6.45, 7) is 1.70. The molecule has 1 rings (SSSR count). The number of hydrogen-bond acceptors (Lipinski definition) is 3. The fourth-order valence-electron chi connectivity index (χ4n) is 1.20. The van der Waals surface area contributed by atoms with Crippen LogP contribution in [-0.2, 0) is 6.42 Å². The van der Waals surface area contributed by atoms with Crippen molar-refractivity contribution < 1.29 is 9.84 Å². The molecular weight excluding hydrogens is 178 g/mol. The maximum absolute atomic E-state index is 9.23. The summed E-state index contributed by atoms with van der Waals surface area (Å²) in [7, 11) is 1.64. The van der Waals surface area contributed by atoms with Crippen LogP contribution in [-0.4, -0.2) is 24.4 Å². The van der Waals surface area contributed by atoms with Crippen LogP contribution < -0.4 is 10.5 Å². The van der Waals surface area contributed by atoms with Crippen LogP contribution in [0.2, 0.25) is 0 Å². The van der Waals surface area contributed by atoms with Gasteiger partial charge in [-0.1, -0.05) is 12.1 Å². The summed E-state index contributed by atoms with van der Waals surface area (Å²) >= 11 is 0. The normalized spacial score (nSPS) is 14.9. The van der Waals surface area contributed by atoms with Gasteiger partial charge in [0.05, 0.1) is 13.2 Å². The van der Waals surface area contributed by atoms with Crippen molar-refractivity contribution in [1.29, 1.82) is 0 Å². The summed E-state index contributed by atoms with van der Waals surface area (Å²) in [4.78, 5) is 0. The molecule has 3 heteroatoms. The summed E-state index contributed by atoms with van der Waals surface area (Å²) in [5, 5.41) is 9.23. The van der Waals surface area contributed by atoms with Crippen LogP contribution in [0.25, 0.3) is 0 Å². The monoisotopic (exact) mass is 195 g/mol. The van der Waals surface area contributed by atoms with Gasteiger partial charge in [-0.05, 0) is 31.0 Å². The zero-order chi connectivity index (χ0) is 10.6. The van der Waals surface area contributed by atoms with Crippen LogP contribution in [0.4, 0.5) is 0 Å². The van der Waals surface area contributed by atoms with Crippen molar-refractivity contribution >= 4 is 0 Å². The minimum Gasteiger partial charge on any atom is -0.497 e. The van der Waals surface area contributed by atoms with E-state index in [1.54, 1.807) is 14.0 Å². The fourth-order valence-corrected chi connectivity index (χ4v) is 1.20. The lowest BCUT2D eigenvalue weighted by molar-refractivity contribution is 0.163. The summed E-state index contributed by atoms with van der Waals surface area (Å²) in [5.74, 6) is 0.833. The van der Waals surface area contributed by atoms with Gasteiger partial charge in [-0.3, -0.25) is 0 Å². The second-order valence-electron chi connectivity index (χ2n) is 3.46. The minimum atomic E-state index is -0.475. The number of hydrogen-bond donors (Lipinski definition) is 2. The first-order chi connectivity index (χ1) is 6.63. The minimum absolute atomic E-state index is 0.205. The van der Waals surface area contributed by atoms with Gasteiger partial charge in [-0.25, -0.2) is 0 Å². The van der Waals surface area contributed by atoms with E-state index in [4.69, 9.17) is 10.5 Å². The van der Waals surface area contributed by atoms with Gasteiger partial charge < -0.3 is 15.6 Å². The molecule has 0 aliphatic rings. The highest BCUT2D eigenvalue weighted by Crippen LogP contribution is 2.12. The SMILES string of the molecule is COc1ccc(CC(N)C(C)O)cc1. The first-order valence-electron chi connectivity index (χ1n) is 4.70. The van der Waals surface area contributed by atoms with Crippen molar-refractivity contribution in [2.45, 2.75) is 25.5 Å². The van der Waals surface area contributed by atoms with Gasteiger partial charge >= 0.3 is 0 Å². The van der Waals surface area contributed by atoms with Crippen LogP contribution in [0.3, 0.4) is 0 Å². The largest absolute Gasteiger partial charge is 0.497 e. The predicted molar refractivity (Wildman–Crippen MR) is 56.4 cm³/mol. The van der Waals surface area contributed by atoms with Crippen molar-refractivity contribution in [3.63, 3.8) is 0 Å². The topological polar surface area (TPSA) is 55.5 Å². The van der Waals surface area contributed by atoms with Gasteiger partial charge in [0.1, 0.15) is 5.75 Å². The zero-order valence-electron chi connectivity index (χ0n) is 8.60. The quantitative estimate of drug-likeness (QED) is 0.752. The fraction of sp³-hybridized carbons (Fsp3) is 0.455. The van der Waals surface area contributed by atoms with E-state index in [-0.39, 0.29) is 6.04 Å². The molecule has 0 heterocycles. The third kappa shape index (κ3) is 3.01. The second-order valence-corrected chi connectivity index (χ2v) is 3.46. The van der Waals surface area contributed by atoms with E-state index in [1.165, 1.54) is 0 Å². The van der Waals surface area contributed by atoms with E-state index >= 15 is 0 Å². The Labute approximate surface area is 84.5 Å². The number of ether oxygens (including phenoxy) is 1. The Hall–Kier alpha value is -1.06. The van der Waals surface area contributed by atoms with Crippen LogP contribution >= 0.6 is 0 Å². The summed E-state index contributed by atoms with van der Waals surface area (Å²) in [5.41, 5.74) is 6.85. The van der Waals surface area contributed by atoms with Crippen molar-refractivity contribution in [2.75, 3.05) is 7.11 Å². The number of aliphatic hydroxyl groups excluding tert-OH is 1. The van der Waals surface area contributed by atoms with Gasteiger partial charge in [-0.2, -0.15) is 0 Å². The lowest BCUT2D eigenvalue weighted by Crippen LogP contribution is -2.34. The maximum atomic E-state index is 9.23. The van der Waals surface area contributed by atoms with E-state index in [0.717, 1.165) is 11.3 Å². The first-order valence-corrected chi connectivity index (χ1v) is 4.70. The highest BCUT2D eigenvalue weighted by molar-refractivity contribution is 5.27. The van der Waals surface area contributed by atoms with Gasteiger partial charge in [0.15, 0.2) is 0 Å². The molecule has 3 N–H and O–H groups in total. The van der Waals surface area contributed by atoms with Crippen LogP contribution in [0, 0.1) is 0 Å². The van der Waals surface area contributed by atoms with E-state index in [2.05, 4.69) is 0 Å². The number of nitrogens with two attached hydrogens (primary N) is 1. The van der Waals surface area contributed by atoms with Crippen molar-refractivity contribution in [1.82, 2.24) is 0 Å². The highest BCUT2D eigenvalue weighted by Gasteiger charge is 2.09. The Morgan fingerprint density at radius 2 is 1.93 bits per heavy atom. The molecule has 0 radical (unpaired) electrons. The number of methoxy groups -OCH3 is 1. The Morgan fingerprint density at radius 1 is 1.36 bits per heavy atom. The molecule has 0 aromatic heterocycles. The molecular formula is C11H17NO2. The third-order valence-electron chi connectivity index (χ3n) is 2.25. The third-order valence-corrected chi connectivity index (χ3v) is 2.25. The van der Waals surface area contributed by atoms with Gasteiger partial charge in [-0.15, -0.1) is 0 Å². The summed E-state index contributed by atoms with van der Waals surface area (Å²) in [6, 6.07) is 7.50. The molecule has 1 aromatic rings. The van der Waals surface area contributed by atoms with Gasteiger partial charge in [0.25, 0.3) is 0 Å². The average Bonchev–Trinajstić information content (AvgIpc) is 2.19. The molecule has 0 fully saturated rings. The molecule has 78 valence electrons. The molecule has 14 heavy (non-hydrogen) atoms. The van der Waals surface area contributed by atoms with E-state index < -0.39 is 6.10 Å². The molecule has 0 bridgehead atoms. The Kier molecular flexibility index (Phi) is 3.92. The van der Waals surface area contributed by atoms with Crippen molar-refractivity contribution in [3.05, 3.63) is 29.8 Å². The second kappa shape index (κ2) is 4.98. The molecule has 0 aliphatic carbocycles. The summed E-state index contributed by atoms with van der Waals surface area (Å²) in [6.07, 6.45) is 0.207. The van der Waals surface area contributed by atoms with Crippen LogP contribution in [0.15, 0.2) is 24.3 Å². The van der Waals surface area contributed by atoms with Crippen LogP contribution in [0.1, 0.15) is 12.5 Å². The Balaban J connectivity index is 2.59. The molecule has 0 aliphatic heterocycles. The predicted octanol–water partition coefficient (Wildman–Crippen LogP) is 0.946. The summed E-state index contributed by atoms with van der Waals surface area (Å²) < 4.78 is 5.04. The lowest BCUT2D eigenvalue weighted by atomic mass is 10.0. The van der Waals surface area contributed by atoms with E-state index in [1.807, 2.05) is 24.3 Å². The number of rotatable bonds is 4. The molecule has 0 amide bonds. The number of aliphatic hydroxyl groups is 1. The molecule has 0 spiro atoms. The highest BCUT2D eigenvalue weighted by atomic mass is 16.5. The molecule has 2 unspecified atom stereocenters. The number of benzene rings is 1. The average molecular weight is 195 g/mol. The molecule has 1 aromatic carbocycles. The van der Waals surface area contributed by atoms with Gasteiger partial charge in [0, 0.05) is 6.04 Å². The van der Waals surface area contributed by atoms with Gasteiger partial charge in [0.2, 0.25) is 0 Å². The van der Waals surface area contributed by atoms with Crippen molar-refractivity contribution in [3.8, 4) is 5.75 Å². The Morgan fingerprint density at radius 3 is 2.36 bits per heavy atom. The maximum Gasteiger partial charge on any atom is 0.118 e. The van der Waals surface area contributed by atoms with E-state index in [0.29, 0.717) is 6.42 Å². The lowest BCUT2D eigenvalue weighted by Gasteiger charge is -2.14. The molecule has 0 saturated carbocycles. The first kappa shape index (κ1) is 11.0. The van der Waals surface area contributed by atoms with Crippen LogP contribution in [0.5, 0.6) is 5.75 Å².